The first-order valence-electron chi connectivity index (χ1n) is 8.93. The molecule has 2 atom stereocenters. The van der Waals surface area contributed by atoms with Crippen molar-refractivity contribution in [2.75, 3.05) is 32.9 Å². The summed E-state index contributed by atoms with van der Waals surface area (Å²) in [6, 6.07) is 7.63. The molecule has 26 heavy (non-hydrogen) atoms. The lowest BCUT2D eigenvalue weighted by molar-refractivity contribution is 0.0185. The van der Waals surface area contributed by atoms with Gasteiger partial charge in [0.2, 0.25) is 0 Å². The highest BCUT2D eigenvalue weighted by molar-refractivity contribution is 5.92. The minimum absolute atomic E-state index is 0.00830. The van der Waals surface area contributed by atoms with E-state index in [0.717, 1.165) is 11.1 Å². The molecule has 0 saturated carbocycles. The van der Waals surface area contributed by atoms with Crippen molar-refractivity contribution < 1.29 is 14.3 Å². The van der Waals surface area contributed by atoms with Crippen LogP contribution in [0.15, 0.2) is 42.9 Å². The number of aryl methyl sites for hydroxylation is 1. The van der Waals surface area contributed by atoms with Crippen molar-refractivity contribution in [3.05, 3.63) is 59.7 Å². The Labute approximate surface area is 153 Å². The number of aromatic nitrogens is 2. The van der Waals surface area contributed by atoms with E-state index >= 15 is 0 Å². The van der Waals surface area contributed by atoms with Gasteiger partial charge in [-0.1, -0.05) is 12.1 Å². The number of rotatable bonds is 5. The number of ether oxygens (including phenoxy) is 2. The lowest BCUT2D eigenvalue weighted by Gasteiger charge is -2.26. The van der Waals surface area contributed by atoms with Crippen LogP contribution < -0.4 is 0 Å². The Kier molecular flexibility index (Phi) is 4.70. The van der Waals surface area contributed by atoms with Crippen molar-refractivity contribution in [1.82, 2.24) is 14.9 Å². The quantitative estimate of drug-likeness (QED) is 0.824. The van der Waals surface area contributed by atoms with Crippen LogP contribution in [0.2, 0.25) is 0 Å². The fourth-order valence-corrected chi connectivity index (χ4v) is 3.80. The molecule has 0 unspecified atom stereocenters. The Morgan fingerprint density at radius 1 is 1.38 bits per heavy atom. The van der Waals surface area contributed by atoms with Gasteiger partial charge in [-0.25, -0.2) is 0 Å². The van der Waals surface area contributed by atoms with Gasteiger partial charge in [-0.3, -0.25) is 14.8 Å². The van der Waals surface area contributed by atoms with E-state index in [2.05, 4.69) is 9.97 Å². The zero-order valence-corrected chi connectivity index (χ0v) is 14.9. The maximum atomic E-state index is 12.8. The third kappa shape index (κ3) is 3.34. The molecular weight excluding hydrogens is 330 g/mol. The van der Waals surface area contributed by atoms with Gasteiger partial charge in [0.05, 0.1) is 26.4 Å². The summed E-state index contributed by atoms with van der Waals surface area (Å²) in [6.07, 6.45) is 5.30. The standard InChI is InChI=1S/C20H23N3O3/c1-15-4-5-18(22-7-15)19(24)23-9-17-11-26-14-20(17,12-23)13-25-10-16-3-2-6-21-8-16/h2-8,17H,9-14H2,1H3/t17-,20-/m1/s1. The van der Waals surface area contributed by atoms with E-state index in [0.29, 0.717) is 51.1 Å². The molecule has 2 saturated heterocycles. The Hall–Kier alpha value is -2.31. The summed E-state index contributed by atoms with van der Waals surface area (Å²) < 4.78 is 11.7. The molecule has 1 amide bonds. The van der Waals surface area contributed by atoms with Gasteiger partial charge in [-0.15, -0.1) is 0 Å². The third-order valence-corrected chi connectivity index (χ3v) is 5.32. The first kappa shape index (κ1) is 17.1. The molecule has 0 aliphatic carbocycles. The SMILES string of the molecule is Cc1ccc(C(=O)N2C[C@@H]3COC[C@]3(COCc3cccnc3)C2)nc1. The van der Waals surface area contributed by atoms with Gasteiger partial charge in [0, 0.05) is 43.0 Å². The van der Waals surface area contributed by atoms with E-state index in [4.69, 9.17) is 9.47 Å². The fraction of sp³-hybridized carbons (Fsp3) is 0.450. The molecule has 2 aromatic heterocycles. The number of fused-ring (bicyclic) bond motifs is 1. The van der Waals surface area contributed by atoms with Crippen LogP contribution in [0.1, 0.15) is 21.6 Å². The van der Waals surface area contributed by atoms with Crippen LogP contribution in [0, 0.1) is 18.3 Å². The second-order valence-corrected chi connectivity index (χ2v) is 7.33. The molecule has 2 aliphatic rings. The van der Waals surface area contributed by atoms with Gasteiger partial charge in [-0.2, -0.15) is 0 Å². The molecule has 2 aromatic rings. The van der Waals surface area contributed by atoms with Gasteiger partial charge < -0.3 is 14.4 Å². The summed E-state index contributed by atoms with van der Waals surface area (Å²) in [7, 11) is 0. The molecule has 0 bridgehead atoms. The number of pyridine rings is 2. The summed E-state index contributed by atoms with van der Waals surface area (Å²) in [5.41, 5.74) is 2.48. The molecule has 0 radical (unpaired) electrons. The normalized spacial score (nSPS) is 24.7. The predicted molar refractivity (Wildman–Crippen MR) is 95.5 cm³/mol. The number of nitrogens with zero attached hydrogens (tertiary/aromatic N) is 3. The Bertz CT molecular complexity index is 766. The van der Waals surface area contributed by atoms with E-state index in [1.807, 2.05) is 36.2 Å². The number of carbonyl (C=O) groups is 1. The molecule has 0 spiro atoms. The van der Waals surface area contributed by atoms with E-state index in [-0.39, 0.29) is 11.3 Å². The van der Waals surface area contributed by atoms with Gasteiger partial charge in [0.25, 0.3) is 5.91 Å². The van der Waals surface area contributed by atoms with Crippen molar-refractivity contribution >= 4 is 5.91 Å². The summed E-state index contributed by atoms with van der Waals surface area (Å²) in [5.74, 6) is 0.303. The molecule has 4 rings (SSSR count). The van der Waals surface area contributed by atoms with Crippen molar-refractivity contribution in [2.24, 2.45) is 11.3 Å². The Balaban J connectivity index is 1.41. The van der Waals surface area contributed by atoms with Crippen LogP contribution in [0.3, 0.4) is 0 Å². The van der Waals surface area contributed by atoms with Crippen molar-refractivity contribution in [3.63, 3.8) is 0 Å². The largest absolute Gasteiger partial charge is 0.380 e. The second kappa shape index (κ2) is 7.13. The van der Waals surface area contributed by atoms with Crippen LogP contribution >= 0.6 is 0 Å². The molecule has 0 N–H and O–H groups in total. The summed E-state index contributed by atoms with van der Waals surface area (Å²) in [6.45, 7) is 5.74. The van der Waals surface area contributed by atoms with Gasteiger partial charge in [0.15, 0.2) is 0 Å². The molecule has 6 heteroatoms. The number of carbonyl (C=O) groups excluding carboxylic acids is 1. The van der Waals surface area contributed by atoms with Gasteiger partial charge in [0.1, 0.15) is 5.69 Å². The van der Waals surface area contributed by atoms with Crippen LogP contribution in [0.5, 0.6) is 0 Å². The lowest BCUT2D eigenvalue weighted by atomic mass is 9.82. The molecule has 4 heterocycles. The number of amides is 1. The first-order valence-corrected chi connectivity index (χ1v) is 8.93. The Morgan fingerprint density at radius 2 is 2.31 bits per heavy atom. The number of likely N-dealkylation sites (tertiary alicyclic amines) is 1. The highest BCUT2D eigenvalue weighted by Gasteiger charge is 2.52. The minimum Gasteiger partial charge on any atom is -0.380 e. The number of hydrogen-bond acceptors (Lipinski definition) is 5. The maximum absolute atomic E-state index is 12.8. The molecule has 136 valence electrons. The van der Waals surface area contributed by atoms with Gasteiger partial charge >= 0.3 is 0 Å². The van der Waals surface area contributed by atoms with Crippen LogP contribution in [-0.2, 0) is 16.1 Å². The van der Waals surface area contributed by atoms with Crippen LogP contribution in [0.4, 0.5) is 0 Å². The van der Waals surface area contributed by atoms with Crippen molar-refractivity contribution in [1.29, 1.82) is 0 Å². The predicted octanol–water partition coefficient (Wildman–Crippen LogP) is 2.09. The smallest absolute Gasteiger partial charge is 0.272 e. The lowest BCUT2D eigenvalue weighted by Crippen LogP contribution is -2.37. The summed E-state index contributed by atoms with van der Waals surface area (Å²) in [4.78, 5) is 23.1. The van der Waals surface area contributed by atoms with E-state index in [1.54, 1.807) is 18.5 Å². The summed E-state index contributed by atoms with van der Waals surface area (Å²) >= 11 is 0. The average molecular weight is 353 g/mol. The molecule has 2 fully saturated rings. The zero-order chi connectivity index (χ0) is 18.0. The molecular formula is C20H23N3O3. The number of hydrogen-bond donors (Lipinski definition) is 0. The van der Waals surface area contributed by atoms with E-state index < -0.39 is 0 Å². The highest BCUT2D eigenvalue weighted by Crippen LogP contribution is 2.42. The molecule has 2 aliphatic heterocycles. The summed E-state index contributed by atoms with van der Waals surface area (Å²) in [5, 5.41) is 0. The minimum atomic E-state index is -0.122. The fourth-order valence-electron chi connectivity index (χ4n) is 3.80. The van der Waals surface area contributed by atoms with Crippen LogP contribution in [-0.4, -0.2) is 53.7 Å². The molecule has 0 aromatic carbocycles. The maximum Gasteiger partial charge on any atom is 0.272 e. The topological polar surface area (TPSA) is 64.6 Å². The highest BCUT2D eigenvalue weighted by atomic mass is 16.5. The monoisotopic (exact) mass is 353 g/mol. The van der Waals surface area contributed by atoms with Crippen molar-refractivity contribution in [3.8, 4) is 0 Å². The molecule has 6 nitrogen and oxygen atoms in total. The van der Waals surface area contributed by atoms with E-state index in [9.17, 15) is 4.79 Å². The van der Waals surface area contributed by atoms with Crippen molar-refractivity contribution in [2.45, 2.75) is 13.5 Å². The second-order valence-electron chi connectivity index (χ2n) is 7.33. The van der Waals surface area contributed by atoms with Gasteiger partial charge in [-0.05, 0) is 30.2 Å². The van der Waals surface area contributed by atoms with Crippen LogP contribution in [0.25, 0.3) is 0 Å². The average Bonchev–Trinajstić information content (AvgIpc) is 3.20. The third-order valence-electron chi connectivity index (χ3n) is 5.32. The Morgan fingerprint density at radius 3 is 3.08 bits per heavy atom. The first-order chi connectivity index (χ1) is 12.7. The van der Waals surface area contributed by atoms with E-state index in [1.165, 1.54) is 0 Å². The zero-order valence-electron chi connectivity index (χ0n) is 14.9.